The summed E-state index contributed by atoms with van der Waals surface area (Å²) in [5.74, 6) is 0. The number of rotatable bonds is 4. The fourth-order valence-corrected chi connectivity index (χ4v) is 3.35. The molecular formula is C14H26N4O2S. The number of aromatic nitrogens is 2. The monoisotopic (exact) mass is 314 g/mol. The largest absolute Gasteiger partial charge is 0.310 e. The molecule has 7 heteroatoms. The summed E-state index contributed by atoms with van der Waals surface area (Å²) >= 11 is 0. The molecule has 0 spiro atoms. The summed E-state index contributed by atoms with van der Waals surface area (Å²) in [6, 6.07) is 0.376. The van der Waals surface area contributed by atoms with Crippen molar-refractivity contribution in [2.75, 3.05) is 19.3 Å². The van der Waals surface area contributed by atoms with Crippen LogP contribution in [-0.2, 0) is 22.1 Å². The number of hydrogen-bond acceptors (Lipinski definition) is 4. The van der Waals surface area contributed by atoms with Crippen molar-refractivity contribution in [1.29, 1.82) is 0 Å². The first kappa shape index (κ1) is 16.5. The second-order valence-corrected chi connectivity index (χ2v) is 8.76. The van der Waals surface area contributed by atoms with Crippen LogP contribution in [0.2, 0.25) is 0 Å². The molecule has 1 aromatic heterocycles. The predicted molar refractivity (Wildman–Crippen MR) is 83.5 cm³/mol. The third-order valence-electron chi connectivity index (χ3n) is 3.84. The van der Waals surface area contributed by atoms with Crippen LogP contribution in [0.15, 0.2) is 12.4 Å². The van der Waals surface area contributed by atoms with E-state index in [9.17, 15) is 8.42 Å². The lowest BCUT2D eigenvalue weighted by Gasteiger charge is -2.30. The summed E-state index contributed by atoms with van der Waals surface area (Å²) in [6.45, 7) is 8.36. The molecule has 0 aromatic carbocycles. The maximum absolute atomic E-state index is 11.5. The van der Waals surface area contributed by atoms with E-state index >= 15 is 0 Å². The van der Waals surface area contributed by atoms with Crippen LogP contribution in [0.25, 0.3) is 0 Å². The van der Waals surface area contributed by atoms with E-state index in [1.807, 2.05) is 10.9 Å². The maximum atomic E-state index is 11.5. The zero-order valence-electron chi connectivity index (χ0n) is 13.3. The molecule has 1 aliphatic heterocycles. The molecule has 1 aliphatic rings. The molecule has 21 heavy (non-hydrogen) atoms. The molecule has 2 heterocycles. The van der Waals surface area contributed by atoms with Crippen molar-refractivity contribution in [3.8, 4) is 0 Å². The minimum Gasteiger partial charge on any atom is -0.310 e. The van der Waals surface area contributed by atoms with E-state index in [0.29, 0.717) is 19.1 Å². The first-order chi connectivity index (χ1) is 9.66. The van der Waals surface area contributed by atoms with Crippen molar-refractivity contribution >= 4 is 10.0 Å². The summed E-state index contributed by atoms with van der Waals surface area (Å²) in [5, 5.41) is 7.88. The summed E-state index contributed by atoms with van der Waals surface area (Å²) in [5.41, 5.74) is 1.16. The van der Waals surface area contributed by atoms with Crippen LogP contribution in [0.1, 0.15) is 39.2 Å². The molecule has 0 unspecified atom stereocenters. The van der Waals surface area contributed by atoms with Gasteiger partial charge in [-0.2, -0.15) is 5.10 Å². The first-order valence-electron chi connectivity index (χ1n) is 7.39. The molecule has 0 radical (unpaired) electrons. The zero-order chi connectivity index (χ0) is 15.7. The molecule has 0 bridgehead atoms. The normalized spacial score (nSPS) is 19.0. The topological polar surface area (TPSA) is 67.2 Å². The second kappa shape index (κ2) is 6.06. The van der Waals surface area contributed by atoms with Gasteiger partial charge in [-0.15, -0.1) is 0 Å². The van der Waals surface area contributed by atoms with E-state index in [2.05, 4.69) is 37.4 Å². The van der Waals surface area contributed by atoms with E-state index in [1.54, 1.807) is 4.31 Å². The molecular weight excluding hydrogens is 288 g/mol. The molecule has 2 rings (SSSR count). The van der Waals surface area contributed by atoms with Gasteiger partial charge in [0.05, 0.1) is 18.0 Å². The van der Waals surface area contributed by atoms with Crippen LogP contribution >= 0.6 is 0 Å². The van der Waals surface area contributed by atoms with Gasteiger partial charge in [-0.05, 0) is 33.6 Å². The highest BCUT2D eigenvalue weighted by molar-refractivity contribution is 7.88. The Bertz CT molecular complexity index is 566. The lowest BCUT2D eigenvalue weighted by molar-refractivity contribution is 0.290. The Kier molecular flexibility index (Phi) is 4.75. The lowest BCUT2D eigenvalue weighted by Crippen LogP contribution is -2.44. The summed E-state index contributed by atoms with van der Waals surface area (Å²) in [7, 11) is -3.04. The Hall–Kier alpha value is -0.920. The van der Waals surface area contributed by atoms with Gasteiger partial charge in [0.1, 0.15) is 0 Å². The molecule has 1 N–H and O–H groups in total. The Morgan fingerprint density at radius 3 is 2.43 bits per heavy atom. The molecule has 6 nitrogen and oxygen atoms in total. The Morgan fingerprint density at radius 1 is 1.33 bits per heavy atom. The van der Waals surface area contributed by atoms with Crippen molar-refractivity contribution < 1.29 is 8.42 Å². The van der Waals surface area contributed by atoms with Gasteiger partial charge in [0.2, 0.25) is 10.0 Å². The van der Waals surface area contributed by atoms with E-state index in [-0.39, 0.29) is 5.54 Å². The van der Waals surface area contributed by atoms with Gasteiger partial charge in [-0.3, -0.25) is 4.68 Å². The van der Waals surface area contributed by atoms with E-state index < -0.39 is 10.0 Å². The number of hydrogen-bond donors (Lipinski definition) is 1. The summed E-state index contributed by atoms with van der Waals surface area (Å²) < 4.78 is 26.5. The van der Waals surface area contributed by atoms with E-state index in [4.69, 9.17) is 0 Å². The first-order valence-corrected chi connectivity index (χ1v) is 9.23. The summed E-state index contributed by atoms with van der Waals surface area (Å²) in [6.07, 6.45) is 6.96. The van der Waals surface area contributed by atoms with Gasteiger partial charge >= 0.3 is 0 Å². The van der Waals surface area contributed by atoms with Crippen LogP contribution in [-0.4, -0.2) is 47.9 Å². The Morgan fingerprint density at radius 2 is 1.95 bits per heavy atom. The van der Waals surface area contributed by atoms with E-state index in [0.717, 1.165) is 24.9 Å². The van der Waals surface area contributed by atoms with Crippen LogP contribution in [0, 0.1) is 0 Å². The van der Waals surface area contributed by atoms with E-state index in [1.165, 1.54) is 6.26 Å². The molecule has 1 aromatic rings. The number of piperidine rings is 1. The van der Waals surface area contributed by atoms with Crippen molar-refractivity contribution in [1.82, 2.24) is 19.4 Å². The van der Waals surface area contributed by atoms with Crippen LogP contribution in [0.4, 0.5) is 0 Å². The van der Waals surface area contributed by atoms with Crippen molar-refractivity contribution in [3.05, 3.63) is 18.0 Å². The highest BCUT2D eigenvalue weighted by Gasteiger charge is 2.24. The third kappa shape index (κ3) is 4.52. The molecule has 0 aliphatic carbocycles. The predicted octanol–water partition coefficient (Wildman–Crippen LogP) is 1.15. The van der Waals surface area contributed by atoms with Crippen LogP contribution < -0.4 is 5.32 Å². The minimum atomic E-state index is -3.04. The van der Waals surface area contributed by atoms with Crippen LogP contribution in [0.3, 0.4) is 0 Å². The highest BCUT2D eigenvalue weighted by Crippen LogP contribution is 2.15. The summed E-state index contributed by atoms with van der Waals surface area (Å²) in [4.78, 5) is 0. The van der Waals surface area contributed by atoms with Crippen LogP contribution in [0.5, 0.6) is 0 Å². The maximum Gasteiger partial charge on any atom is 0.211 e. The molecule has 120 valence electrons. The molecule has 0 saturated carbocycles. The SMILES string of the molecule is CC(C)(C)n1cc(CNC2CCN(S(C)(=O)=O)CC2)cn1. The average Bonchev–Trinajstić information content (AvgIpc) is 2.84. The lowest BCUT2D eigenvalue weighted by atomic mass is 10.1. The number of nitrogens with one attached hydrogen (secondary N) is 1. The Labute approximate surface area is 127 Å². The van der Waals surface area contributed by atoms with Gasteiger partial charge in [-0.25, -0.2) is 12.7 Å². The average molecular weight is 314 g/mol. The second-order valence-electron chi connectivity index (χ2n) is 6.78. The fraction of sp³-hybridized carbons (Fsp3) is 0.786. The van der Waals surface area contributed by atoms with Crippen molar-refractivity contribution in [3.63, 3.8) is 0 Å². The van der Waals surface area contributed by atoms with Gasteiger partial charge in [0, 0.05) is 37.4 Å². The van der Waals surface area contributed by atoms with Gasteiger partial charge < -0.3 is 5.32 Å². The highest BCUT2D eigenvalue weighted by atomic mass is 32.2. The number of sulfonamides is 1. The molecule has 0 atom stereocenters. The van der Waals surface area contributed by atoms with Gasteiger partial charge in [-0.1, -0.05) is 0 Å². The third-order valence-corrected chi connectivity index (χ3v) is 5.14. The minimum absolute atomic E-state index is 0.000917. The van der Waals surface area contributed by atoms with Crippen molar-refractivity contribution in [2.45, 2.75) is 51.7 Å². The zero-order valence-corrected chi connectivity index (χ0v) is 14.2. The Balaban J connectivity index is 1.81. The van der Waals surface area contributed by atoms with Crippen molar-refractivity contribution in [2.24, 2.45) is 0 Å². The number of nitrogens with zero attached hydrogens (tertiary/aromatic N) is 3. The van der Waals surface area contributed by atoms with Gasteiger partial charge in [0.25, 0.3) is 0 Å². The quantitative estimate of drug-likeness (QED) is 0.905. The smallest absolute Gasteiger partial charge is 0.211 e. The standard InChI is InChI=1S/C14H26N4O2S/c1-14(2,3)18-11-12(10-16-18)9-15-13-5-7-17(8-6-13)21(4,19)20/h10-11,13,15H,5-9H2,1-4H3. The van der Waals surface area contributed by atoms with Gasteiger partial charge in [0.15, 0.2) is 0 Å². The molecule has 0 amide bonds. The fourth-order valence-electron chi connectivity index (χ4n) is 2.47. The molecule has 1 saturated heterocycles. The molecule has 1 fully saturated rings.